The lowest BCUT2D eigenvalue weighted by Crippen LogP contribution is -2.24. The minimum atomic E-state index is 0.524. The van der Waals surface area contributed by atoms with Crippen molar-refractivity contribution < 1.29 is 0 Å². The van der Waals surface area contributed by atoms with E-state index in [1.54, 1.807) is 5.56 Å². The molecule has 1 heterocycles. The first-order valence-corrected chi connectivity index (χ1v) is 6.64. The highest BCUT2D eigenvalue weighted by molar-refractivity contribution is 5.85. The van der Waals surface area contributed by atoms with Gasteiger partial charge in [-0.2, -0.15) is 0 Å². The number of aromatic nitrogens is 1. The van der Waals surface area contributed by atoms with Crippen LogP contribution in [0, 0.1) is 6.92 Å². The van der Waals surface area contributed by atoms with Crippen LogP contribution in [0.2, 0.25) is 0 Å². The average Bonchev–Trinajstić information content (AvgIpc) is 2.69. The minimum absolute atomic E-state index is 0.524. The van der Waals surface area contributed by atoms with Crippen molar-refractivity contribution in [3.05, 3.63) is 35.0 Å². The molecule has 2 N–H and O–H groups in total. The van der Waals surface area contributed by atoms with Crippen LogP contribution in [-0.2, 0) is 6.42 Å². The van der Waals surface area contributed by atoms with Crippen molar-refractivity contribution >= 4 is 10.9 Å². The van der Waals surface area contributed by atoms with Gasteiger partial charge >= 0.3 is 0 Å². The average molecular weight is 228 g/mol. The molecule has 0 bridgehead atoms. The number of H-pyrrole nitrogens is 1. The Balaban J connectivity index is 2.15. The summed E-state index contributed by atoms with van der Waals surface area (Å²) in [6.45, 7) is 5.39. The first kappa shape index (κ1) is 10.8. The fourth-order valence-electron chi connectivity index (χ4n) is 3.03. The molecule has 0 saturated carbocycles. The van der Waals surface area contributed by atoms with E-state index in [9.17, 15) is 0 Å². The van der Waals surface area contributed by atoms with E-state index < -0.39 is 0 Å². The van der Waals surface area contributed by atoms with Gasteiger partial charge in [-0.05, 0) is 50.4 Å². The maximum atomic E-state index is 3.62. The van der Waals surface area contributed by atoms with Crippen LogP contribution in [0.4, 0.5) is 0 Å². The molecule has 0 saturated heterocycles. The molecule has 0 amide bonds. The summed E-state index contributed by atoms with van der Waals surface area (Å²) in [4.78, 5) is 3.62. The van der Waals surface area contributed by atoms with Gasteiger partial charge in [0.2, 0.25) is 0 Å². The first-order valence-electron chi connectivity index (χ1n) is 6.64. The minimum Gasteiger partial charge on any atom is -0.357 e. The second-order valence-electron chi connectivity index (χ2n) is 5.07. The second-order valence-corrected chi connectivity index (χ2v) is 5.07. The fraction of sp³-hybridized carbons (Fsp3) is 0.467. The Bertz CT molecular complexity index is 539. The highest BCUT2D eigenvalue weighted by atomic mass is 14.9. The Morgan fingerprint density at radius 2 is 2.29 bits per heavy atom. The standard InChI is InChI=1S/C15H20N2/c1-3-16-14-6-4-5-11-12-9-10(2)7-8-13(12)17-15(11)14/h7-9,14,16-17H,3-6H2,1-2H3. The molecule has 2 heteroatoms. The number of rotatable bonds is 2. The third-order valence-electron chi connectivity index (χ3n) is 3.81. The molecule has 1 aliphatic rings. The number of hydrogen-bond donors (Lipinski definition) is 2. The maximum absolute atomic E-state index is 3.62. The zero-order valence-corrected chi connectivity index (χ0v) is 10.6. The van der Waals surface area contributed by atoms with Crippen molar-refractivity contribution in [2.24, 2.45) is 0 Å². The quantitative estimate of drug-likeness (QED) is 0.809. The largest absolute Gasteiger partial charge is 0.357 e. The van der Waals surface area contributed by atoms with E-state index in [-0.39, 0.29) is 0 Å². The summed E-state index contributed by atoms with van der Waals surface area (Å²) in [5, 5.41) is 5.02. The van der Waals surface area contributed by atoms with Gasteiger partial charge in [-0.25, -0.2) is 0 Å². The number of fused-ring (bicyclic) bond motifs is 3. The molecule has 1 aromatic carbocycles. The summed E-state index contributed by atoms with van der Waals surface area (Å²) >= 11 is 0. The van der Waals surface area contributed by atoms with E-state index in [0.29, 0.717) is 6.04 Å². The molecular weight excluding hydrogens is 208 g/mol. The summed E-state index contributed by atoms with van der Waals surface area (Å²) in [6.07, 6.45) is 3.78. The third kappa shape index (κ3) is 1.77. The van der Waals surface area contributed by atoms with Gasteiger partial charge in [0.15, 0.2) is 0 Å². The first-order chi connectivity index (χ1) is 8.29. The van der Waals surface area contributed by atoms with Crippen molar-refractivity contribution in [1.82, 2.24) is 10.3 Å². The molecule has 0 radical (unpaired) electrons. The van der Waals surface area contributed by atoms with Crippen molar-refractivity contribution in [1.29, 1.82) is 0 Å². The number of benzene rings is 1. The molecule has 17 heavy (non-hydrogen) atoms. The lowest BCUT2D eigenvalue weighted by molar-refractivity contribution is 0.465. The fourth-order valence-corrected chi connectivity index (χ4v) is 3.03. The van der Waals surface area contributed by atoms with Gasteiger partial charge < -0.3 is 10.3 Å². The molecule has 1 unspecified atom stereocenters. The molecule has 1 aliphatic carbocycles. The van der Waals surface area contributed by atoms with Crippen molar-refractivity contribution in [3.8, 4) is 0 Å². The van der Waals surface area contributed by atoms with Gasteiger partial charge in [-0.3, -0.25) is 0 Å². The zero-order valence-electron chi connectivity index (χ0n) is 10.6. The van der Waals surface area contributed by atoms with Gasteiger partial charge in [0, 0.05) is 22.6 Å². The van der Waals surface area contributed by atoms with E-state index in [2.05, 4.69) is 42.3 Å². The predicted molar refractivity (Wildman–Crippen MR) is 72.4 cm³/mol. The van der Waals surface area contributed by atoms with E-state index in [1.807, 2.05) is 0 Å². The Morgan fingerprint density at radius 3 is 3.12 bits per heavy atom. The van der Waals surface area contributed by atoms with Crippen LogP contribution in [0.1, 0.15) is 42.6 Å². The Hall–Kier alpha value is -1.28. The molecule has 2 aromatic rings. The second kappa shape index (κ2) is 4.19. The summed E-state index contributed by atoms with van der Waals surface area (Å²) in [6, 6.07) is 7.24. The van der Waals surface area contributed by atoms with Gasteiger partial charge in [0.05, 0.1) is 0 Å². The zero-order chi connectivity index (χ0) is 11.8. The Kier molecular flexibility index (Phi) is 2.67. The van der Waals surface area contributed by atoms with Crippen LogP contribution >= 0.6 is 0 Å². The van der Waals surface area contributed by atoms with Crippen LogP contribution in [0.15, 0.2) is 18.2 Å². The SMILES string of the molecule is CCNC1CCCc2c1[nH]c1ccc(C)cc21. The van der Waals surface area contributed by atoms with E-state index in [0.717, 1.165) is 6.54 Å². The molecule has 3 rings (SSSR count). The summed E-state index contributed by atoms with van der Waals surface area (Å²) < 4.78 is 0. The molecule has 1 aromatic heterocycles. The monoisotopic (exact) mass is 228 g/mol. The van der Waals surface area contributed by atoms with Crippen LogP contribution in [0.25, 0.3) is 10.9 Å². The molecule has 90 valence electrons. The van der Waals surface area contributed by atoms with Crippen LogP contribution in [0.3, 0.4) is 0 Å². The topological polar surface area (TPSA) is 27.8 Å². The maximum Gasteiger partial charge on any atom is 0.0476 e. The Morgan fingerprint density at radius 1 is 1.41 bits per heavy atom. The summed E-state index contributed by atoms with van der Waals surface area (Å²) in [5.41, 5.74) is 5.62. The van der Waals surface area contributed by atoms with E-state index in [1.165, 1.54) is 41.4 Å². The van der Waals surface area contributed by atoms with Gasteiger partial charge in [-0.1, -0.05) is 18.6 Å². The predicted octanol–water partition coefficient (Wildman–Crippen LogP) is 3.46. The lowest BCUT2D eigenvalue weighted by atomic mass is 9.91. The van der Waals surface area contributed by atoms with Crippen LogP contribution < -0.4 is 5.32 Å². The third-order valence-corrected chi connectivity index (χ3v) is 3.81. The molecular formula is C15H20N2. The van der Waals surface area contributed by atoms with E-state index in [4.69, 9.17) is 0 Å². The summed E-state index contributed by atoms with van der Waals surface area (Å²) in [5.74, 6) is 0. The van der Waals surface area contributed by atoms with Gasteiger partial charge in [0.1, 0.15) is 0 Å². The number of nitrogens with one attached hydrogen (secondary N) is 2. The number of aryl methyl sites for hydroxylation is 2. The highest BCUT2D eigenvalue weighted by Crippen LogP contribution is 2.34. The van der Waals surface area contributed by atoms with Crippen LogP contribution in [-0.4, -0.2) is 11.5 Å². The summed E-state index contributed by atoms with van der Waals surface area (Å²) in [7, 11) is 0. The van der Waals surface area contributed by atoms with Crippen molar-refractivity contribution in [2.75, 3.05) is 6.54 Å². The Labute approximate surface area is 102 Å². The molecule has 0 fully saturated rings. The van der Waals surface area contributed by atoms with Crippen molar-refractivity contribution in [3.63, 3.8) is 0 Å². The lowest BCUT2D eigenvalue weighted by Gasteiger charge is -2.23. The number of aromatic amines is 1. The molecule has 2 nitrogen and oxygen atoms in total. The highest BCUT2D eigenvalue weighted by Gasteiger charge is 2.23. The number of hydrogen-bond acceptors (Lipinski definition) is 1. The smallest absolute Gasteiger partial charge is 0.0476 e. The normalized spacial score (nSPS) is 19.5. The molecule has 0 spiro atoms. The molecule has 0 aliphatic heterocycles. The van der Waals surface area contributed by atoms with Gasteiger partial charge in [-0.15, -0.1) is 0 Å². The van der Waals surface area contributed by atoms with Crippen molar-refractivity contribution in [2.45, 2.75) is 39.2 Å². The van der Waals surface area contributed by atoms with Crippen LogP contribution in [0.5, 0.6) is 0 Å². The van der Waals surface area contributed by atoms with E-state index >= 15 is 0 Å². The molecule has 1 atom stereocenters. The van der Waals surface area contributed by atoms with Gasteiger partial charge in [0.25, 0.3) is 0 Å².